The standard InChI is InChI=1S/C10H21BrN2O2S/c1-3-10(11)8-12-16(14,15)13-7-5-4-6-9(13)2/h9-10,12H,3-8H2,1-2H3. The molecule has 1 heterocycles. The summed E-state index contributed by atoms with van der Waals surface area (Å²) in [4.78, 5) is 0.211. The molecule has 1 fully saturated rings. The molecular weight excluding hydrogens is 292 g/mol. The molecule has 1 aliphatic rings. The van der Waals surface area contributed by atoms with Crippen LogP contribution in [0, 0.1) is 0 Å². The van der Waals surface area contributed by atoms with Crippen LogP contribution in [0.4, 0.5) is 0 Å². The molecular formula is C10H21BrN2O2S. The molecule has 2 unspecified atom stereocenters. The smallest absolute Gasteiger partial charge is 0.201 e. The maximum atomic E-state index is 12.0. The zero-order valence-electron chi connectivity index (χ0n) is 9.95. The van der Waals surface area contributed by atoms with Gasteiger partial charge in [0.15, 0.2) is 0 Å². The van der Waals surface area contributed by atoms with Crippen molar-refractivity contribution >= 4 is 26.1 Å². The van der Waals surface area contributed by atoms with E-state index in [1.165, 1.54) is 0 Å². The third kappa shape index (κ3) is 3.98. The molecule has 0 aromatic heterocycles. The molecule has 0 bridgehead atoms. The van der Waals surface area contributed by atoms with E-state index < -0.39 is 10.2 Å². The normalized spacial score (nSPS) is 25.6. The van der Waals surface area contributed by atoms with Crippen molar-refractivity contribution in [3.8, 4) is 0 Å². The summed E-state index contributed by atoms with van der Waals surface area (Å²) >= 11 is 3.42. The fraction of sp³-hybridized carbons (Fsp3) is 1.00. The van der Waals surface area contributed by atoms with E-state index in [1.54, 1.807) is 4.31 Å². The SMILES string of the molecule is CCC(Br)CNS(=O)(=O)N1CCCCC1C. The third-order valence-corrected chi connectivity index (χ3v) is 5.64. The van der Waals surface area contributed by atoms with Gasteiger partial charge in [0.05, 0.1) is 0 Å². The fourth-order valence-corrected chi connectivity index (χ4v) is 3.75. The highest BCUT2D eigenvalue weighted by atomic mass is 79.9. The first-order valence-corrected chi connectivity index (χ1v) is 8.23. The van der Waals surface area contributed by atoms with Gasteiger partial charge in [-0.25, -0.2) is 4.72 Å². The summed E-state index contributed by atoms with van der Waals surface area (Å²) in [7, 11) is -3.28. The van der Waals surface area contributed by atoms with Crippen molar-refractivity contribution in [2.75, 3.05) is 13.1 Å². The number of rotatable bonds is 5. The Morgan fingerprint density at radius 1 is 1.50 bits per heavy atom. The molecule has 0 aromatic rings. The third-order valence-electron chi connectivity index (χ3n) is 2.98. The molecule has 96 valence electrons. The second kappa shape index (κ2) is 6.33. The van der Waals surface area contributed by atoms with Crippen LogP contribution < -0.4 is 4.72 Å². The molecule has 0 aliphatic carbocycles. The summed E-state index contributed by atoms with van der Waals surface area (Å²) in [6, 6.07) is 0.127. The Balaban J connectivity index is 2.55. The van der Waals surface area contributed by atoms with E-state index in [-0.39, 0.29) is 10.9 Å². The van der Waals surface area contributed by atoms with E-state index >= 15 is 0 Å². The van der Waals surface area contributed by atoms with Crippen LogP contribution in [0.25, 0.3) is 0 Å². The van der Waals surface area contributed by atoms with Gasteiger partial charge in [0, 0.05) is 24.0 Å². The Labute approximate surface area is 107 Å². The molecule has 0 saturated carbocycles. The van der Waals surface area contributed by atoms with E-state index in [9.17, 15) is 8.42 Å². The molecule has 1 rings (SSSR count). The number of nitrogens with zero attached hydrogens (tertiary/aromatic N) is 1. The van der Waals surface area contributed by atoms with Crippen molar-refractivity contribution in [2.24, 2.45) is 0 Å². The highest BCUT2D eigenvalue weighted by Gasteiger charge is 2.29. The topological polar surface area (TPSA) is 49.4 Å². The maximum absolute atomic E-state index is 12.0. The lowest BCUT2D eigenvalue weighted by Crippen LogP contribution is -2.48. The Hall–Kier alpha value is 0.350. The first kappa shape index (κ1) is 14.4. The van der Waals surface area contributed by atoms with Crippen LogP contribution in [-0.4, -0.2) is 36.7 Å². The largest absolute Gasteiger partial charge is 0.279 e. The molecule has 6 heteroatoms. The van der Waals surface area contributed by atoms with Crippen LogP contribution >= 0.6 is 15.9 Å². The van der Waals surface area contributed by atoms with Gasteiger partial charge in [0.25, 0.3) is 10.2 Å². The molecule has 0 aromatic carbocycles. The predicted molar refractivity (Wildman–Crippen MR) is 69.9 cm³/mol. The van der Waals surface area contributed by atoms with Crippen molar-refractivity contribution in [3.05, 3.63) is 0 Å². The second-order valence-electron chi connectivity index (χ2n) is 4.31. The van der Waals surface area contributed by atoms with Crippen molar-refractivity contribution in [1.82, 2.24) is 9.03 Å². The van der Waals surface area contributed by atoms with Crippen molar-refractivity contribution in [3.63, 3.8) is 0 Å². The minimum absolute atomic E-state index is 0.127. The highest BCUT2D eigenvalue weighted by Crippen LogP contribution is 2.19. The number of nitrogens with one attached hydrogen (secondary N) is 1. The van der Waals surface area contributed by atoms with Gasteiger partial charge < -0.3 is 0 Å². The second-order valence-corrected chi connectivity index (χ2v) is 7.32. The molecule has 1 N–H and O–H groups in total. The van der Waals surface area contributed by atoms with Crippen LogP contribution in [-0.2, 0) is 10.2 Å². The van der Waals surface area contributed by atoms with E-state index in [4.69, 9.17) is 0 Å². The Morgan fingerprint density at radius 3 is 2.75 bits per heavy atom. The predicted octanol–water partition coefficient (Wildman–Crippen LogP) is 1.87. The zero-order valence-corrected chi connectivity index (χ0v) is 12.3. The van der Waals surface area contributed by atoms with Crippen molar-refractivity contribution in [2.45, 2.75) is 50.4 Å². The number of halogens is 1. The Bertz CT molecular complexity index is 308. The Morgan fingerprint density at radius 2 is 2.19 bits per heavy atom. The van der Waals surface area contributed by atoms with E-state index in [2.05, 4.69) is 20.7 Å². The molecule has 1 saturated heterocycles. The van der Waals surface area contributed by atoms with Gasteiger partial charge >= 0.3 is 0 Å². The maximum Gasteiger partial charge on any atom is 0.279 e. The number of hydrogen-bond acceptors (Lipinski definition) is 2. The van der Waals surface area contributed by atoms with Gasteiger partial charge in [-0.3, -0.25) is 0 Å². The molecule has 2 atom stereocenters. The van der Waals surface area contributed by atoms with Gasteiger partial charge in [0.2, 0.25) is 0 Å². The summed E-state index contributed by atoms with van der Waals surface area (Å²) < 4.78 is 28.3. The number of piperidine rings is 1. The van der Waals surface area contributed by atoms with Gasteiger partial charge in [-0.1, -0.05) is 29.3 Å². The fourth-order valence-electron chi connectivity index (χ4n) is 1.85. The Kier molecular flexibility index (Phi) is 5.70. The average molecular weight is 313 g/mol. The molecule has 0 spiro atoms. The lowest BCUT2D eigenvalue weighted by atomic mass is 10.1. The minimum atomic E-state index is -3.28. The van der Waals surface area contributed by atoms with E-state index in [0.29, 0.717) is 13.1 Å². The number of alkyl halides is 1. The first-order valence-electron chi connectivity index (χ1n) is 5.88. The van der Waals surface area contributed by atoms with Crippen LogP contribution in [0.3, 0.4) is 0 Å². The lowest BCUT2D eigenvalue weighted by molar-refractivity contribution is 0.265. The molecule has 4 nitrogen and oxygen atoms in total. The molecule has 0 amide bonds. The number of hydrogen-bond donors (Lipinski definition) is 1. The minimum Gasteiger partial charge on any atom is -0.201 e. The van der Waals surface area contributed by atoms with Crippen molar-refractivity contribution < 1.29 is 8.42 Å². The summed E-state index contributed by atoms with van der Waals surface area (Å²) in [5.74, 6) is 0. The zero-order chi connectivity index (χ0) is 12.2. The van der Waals surface area contributed by atoms with Gasteiger partial charge in [-0.05, 0) is 26.2 Å². The van der Waals surface area contributed by atoms with Gasteiger partial charge in [-0.2, -0.15) is 12.7 Å². The summed E-state index contributed by atoms with van der Waals surface area (Å²) in [5.41, 5.74) is 0. The summed E-state index contributed by atoms with van der Waals surface area (Å²) in [5, 5.41) is 0. The van der Waals surface area contributed by atoms with Crippen LogP contribution in [0.1, 0.15) is 39.5 Å². The van der Waals surface area contributed by atoms with Crippen LogP contribution in [0.2, 0.25) is 0 Å². The average Bonchev–Trinajstić information content (AvgIpc) is 2.26. The lowest BCUT2D eigenvalue weighted by Gasteiger charge is -2.32. The summed E-state index contributed by atoms with van der Waals surface area (Å²) in [6.45, 7) is 5.11. The first-order chi connectivity index (χ1) is 7.47. The van der Waals surface area contributed by atoms with Crippen molar-refractivity contribution in [1.29, 1.82) is 0 Å². The summed E-state index contributed by atoms with van der Waals surface area (Å²) in [6.07, 6.45) is 3.98. The quantitative estimate of drug-likeness (QED) is 0.788. The highest BCUT2D eigenvalue weighted by molar-refractivity contribution is 9.09. The van der Waals surface area contributed by atoms with E-state index in [0.717, 1.165) is 25.7 Å². The van der Waals surface area contributed by atoms with Crippen LogP contribution in [0.5, 0.6) is 0 Å². The molecule has 16 heavy (non-hydrogen) atoms. The van der Waals surface area contributed by atoms with Gasteiger partial charge in [0.1, 0.15) is 0 Å². The molecule has 1 aliphatic heterocycles. The molecule has 0 radical (unpaired) electrons. The monoisotopic (exact) mass is 312 g/mol. The van der Waals surface area contributed by atoms with Gasteiger partial charge in [-0.15, -0.1) is 0 Å². The van der Waals surface area contributed by atoms with E-state index in [1.807, 2.05) is 13.8 Å². The van der Waals surface area contributed by atoms with Crippen LogP contribution in [0.15, 0.2) is 0 Å².